The van der Waals surface area contributed by atoms with Crippen LogP contribution in [0.4, 0.5) is 4.39 Å². The first kappa shape index (κ1) is 16.1. The molecule has 3 aromatic rings. The van der Waals surface area contributed by atoms with Gasteiger partial charge in [0.2, 0.25) is 0 Å². The fraction of sp³-hybridized carbons (Fsp3) is 0.158. The van der Waals surface area contributed by atoms with E-state index in [0.717, 1.165) is 5.56 Å². The Morgan fingerprint density at radius 1 is 1.08 bits per heavy atom. The number of hydrogen-bond acceptors (Lipinski definition) is 3. The average molecular weight is 324 g/mol. The minimum atomic E-state index is -0.461. The van der Waals surface area contributed by atoms with Gasteiger partial charge in [-0.2, -0.15) is 0 Å². The largest absolute Gasteiger partial charge is 0.396 e. The number of halogens is 1. The van der Waals surface area contributed by atoms with Gasteiger partial charge in [0, 0.05) is 12.0 Å². The summed E-state index contributed by atoms with van der Waals surface area (Å²) in [5.74, 6) is -0.862. The maximum Gasteiger partial charge on any atom is 0.270 e. The molecule has 1 unspecified atom stereocenters. The Morgan fingerprint density at radius 2 is 1.88 bits per heavy atom. The third-order valence-electron chi connectivity index (χ3n) is 3.83. The predicted molar refractivity (Wildman–Crippen MR) is 90.1 cm³/mol. The van der Waals surface area contributed by atoms with Crippen molar-refractivity contribution in [2.24, 2.45) is 0 Å². The highest BCUT2D eigenvalue weighted by Gasteiger charge is 2.17. The van der Waals surface area contributed by atoms with Crippen LogP contribution >= 0.6 is 0 Å². The SMILES string of the molecule is O=C(NC(CCO)c1ccccc1)c1ccc2cccc(F)c2n1. The number of amides is 1. The minimum Gasteiger partial charge on any atom is -0.396 e. The zero-order valence-corrected chi connectivity index (χ0v) is 12.9. The molecule has 0 bridgehead atoms. The van der Waals surface area contributed by atoms with Gasteiger partial charge >= 0.3 is 0 Å². The van der Waals surface area contributed by atoms with E-state index in [2.05, 4.69) is 10.3 Å². The predicted octanol–water partition coefficient (Wildman–Crippen LogP) is 3.23. The number of para-hydroxylation sites is 1. The first-order valence-electron chi connectivity index (χ1n) is 7.71. The summed E-state index contributed by atoms with van der Waals surface area (Å²) in [6.45, 7) is -0.0559. The Bertz CT molecular complexity index is 852. The fourth-order valence-electron chi connectivity index (χ4n) is 2.61. The Kier molecular flexibility index (Phi) is 4.82. The monoisotopic (exact) mass is 324 g/mol. The van der Waals surface area contributed by atoms with Crippen LogP contribution in [0.25, 0.3) is 10.9 Å². The molecule has 0 aliphatic carbocycles. The molecule has 0 saturated carbocycles. The number of fused-ring (bicyclic) bond motifs is 1. The van der Waals surface area contributed by atoms with Crippen molar-refractivity contribution in [3.8, 4) is 0 Å². The molecule has 0 saturated heterocycles. The molecule has 0 fully saturated rings. The Labute approximate surface area is 139 Å². The molecule has 0 radical (unpaired) electrons. The summed E-state index contributed by atoms with van der Waals surface area (Å²) in [7, 11) is 0. The third-order valence-corrected chi connectivity index (χ3v) is 3.83. The number of hydrogen-bond donors (Lipinski definition) is 2. The van der Waals surface area contributed by atoms with E-state index < -0.39 is 11.7 Å². The second-order valence-electron chi connectivity index (χ2n) is 5.46. The van der Waals surface area contributed by atoms with E-state index in [4.69, 9.17) is 0 Å². The first-order valence-corrected chi connectivity index (χ1v) is 7.71. The van der Waals surface area contributed by atoms with Gasteiger partial charge in [-0.3, -0.25) is 4.79 Å². The average Bonchev–Trinajstić information content (AvgIpc) is 2.62. The summed E-state index contributed by atoms with van der Waals surface area (Å²) in [5, 5.41) is 12.7. The molecule has 2 aromatic carbocycles. The highest BCUT2D eigenvalue weighted by molar-refractivity contribution is 5.95. The second kappa shape index (κ2) is 7.19. The van der Waals surface area contributed by atoms with E-state index in [1.165, 1.54) is 6.07 Å². The van der Waals surface area contributed by atoms with Gasteiger partial charge in [0.05, 0.1) is 6.04 Å². The van der Waals surface area contributed by atoms with Gasteiger partial charge in [-0.15, -0.1) is 0 Å². The van der Waals surface area contributed by atoms with E-state index in [9.17, 15) is 14.3 Å². The highest BCUT2D eigenvalue weighted by atomic mass is 19.1. The van der Waals surface area contributed by atoms with Gasteiger partial charge in [0.25, 0.3) is 5.91 Å². The van der Waals surface area contributed by atoms with Crippen LogP contribution in [-0.4, -0.2) is 22.6 Å². The topological polar surface area (TPSA) is 62.2 Å². The molecule has 1 amide bonds. The fourth-order valence-corrected chi connectivity index (χ4v) is 2.61. The maximum atomic E-state index is 13.9. The van der Waals surface area contributed by atoms with Gasteiger partial charge in [-0.1, -0.05) is 48.5 Å². The van der Waals surface area contributed by atoms with Crippen molar-refractivity contribution >= 4 is 16.8 Å². The molecule has 1 heterocycles. The Morgan fingerprint density at radius 3 is 2.62 bits per heavy atom. The Balaban J connectivity index is 1.86. The van der Waals surface area contributed by atoms with E-state index in [1.807, 2.05) is 30.3 Å². The first-order chi connectivity index (χ1) is 11.7. The number of nitrogens with one attached hydrogen (secondary N) is 1. The van der Waals surface area contributed by atoms with Crippen molar-refractivity contribution in [3.05, 3.63) is 77.7 Å². The van der Waals surface area contributed by atoms with Crippen LogP contribution in [-0.2, 0) is 0 Å². The zero-order valence-electron chi connectivity index (χ0n) is 12.9. The van der Waals surface area contributed by atoms with Gasteiger partial charge in [0.1, 0.15) is 17.0 Å². The maximum absolute atomic E-state index is 13.9. The molecule has 0 aliphatic heterocycles. The highest BCUT2D eigenvalue weighted by Crippen LogP contribution is 2.19. The molecule has 1 atom stereocenters. The standard InChI is InChI=1S/C19H17FN2O2/c20-15-8-4-7-14-9-10-17(21-18(14)15)19(24)22-16(11-12-23)13-5-2-1-3-6-13/h1-10,16,23H,11-12H2,(H,22,24). The number of pyridine rings is 1. The number of aliphatic hydroxyl groups excluding tert-OH is 1. The number of benzene rings is 2. The van der Waals surface area contributed by atoms with E-state index in [1.54, 1.807) is 24.3 Å². The van der Waals surface area contributed by atoms with Crippen molar-refractivity contribution in [2.75, 3.05) is 6.61 Å². The molecule has 122 valence electrons. The molecule has 24 heavy (non-hydrogen) atoms. The lowest BCUT2D eigenvalue weighted by atomic mass is 10.0. The van der Waals surface area contributed by atoms with Gasteiger partial charge < -0.3 is 10.4 Å². The molecule has 4 nitrogen and oxygen atoms in total. The zero-order chi connectivity index (χ0) is 16.9. The quantitative estimate of drug-likeness (QED) is 0.757. The molecule has 3 rings (SSSR count). The summed E-state index contributed by atoms with van der Waals surface area (Å²) < 4.78 is 13.9. The van der Waals surface area contributed by atoms with Crippen LogP contribution in [0.1, 0.15) is 28.5 Å². The van der Waals surface area contributed by atoms with Crippen LogP contribution in [0.2, 0.25) is 0 Å². The molecule has 0 spiro atoms. The lowest BCUT2D eigenvalue weighted by Gasteiger charge is -2.18. The lowest BCUT2D eigenvalue weighted by molar-refractivity contribution is 0.0925. The molecule has 1 aromatic heterocycles. The Hall–Kier alpha value is -2.79. The number of aliphatic hydroxyl groups is 1. The summed E-state index contributed by atoms with van der Waals surface area (Å²) in [6, 6.07) is 17.0. The molecule has 0 aliphatic rings. The van der Waals surface area contributed by atoms with Gasteiger partial charge in [0.15, 0.2) is 0 Å². The van der Waals surface area contributed by atoms with E-state index in [-0.39, 0.29) is 23.9 Å². The summed E-state index contributed by atoms with van der Waals surface area (Å²) in [4.78, 5) is 16.6. The molecular weight excluding hydrogens is 307 g/mol. The van der Waals surface area contributed by atoms with Gasteiger partial charge in [-0.05, 0) is 24.1 Å². The van der Waals surface area contributed by atoms with Crippen molar-refractivity contribution in [1.29, 1.82) is 0 Å². The molecule has 2 N–H and O–H groups in total. The normalized spacial score (nSPS) is 12.1. The van der Waals surface area contributed by atoms with Crippen LogP contribution in [0.15, 0.2) is 60.7 Å². The number of rotatable bonds is 5. The number of carbonyl (C=O) groups is 1. The number of nitrogens with zero attached hydrogens (tertiary/aromatic N) is 1. The number of carbonyl (C=O) groups excluding carboxylic acids is 1. The summed E-state index contributed by atoms with van der Waals surface area (Å²) >= 11 is 0. The third kappa shape index (κ3) is 3.41. The minimum absolute atomic E-state index is 0.0559. The smallest absolute Gasteiger partial charge is 0.270 e. The number of aromatic nitrogens is 1. The molecule has 5 heteroatoms. The van der Waals surface area contributed by atoms with E-state index in [0.29, 0.717) is 11.8 Å². The van der Waals surface area contributed by atoms with Crippen LogP contribution in [0.5, 0.6) is 0 Å². The van der Waals surface area contributed by atoms with Crippen molar-refractivity contribution in [1.82, 2.24) is 10.3 Å². The van der Waals surface area contributed by atoms with Crippen LogP contribution in [0, 0.1) is 5.82 Å². The summed E-state index contributed by atoms with van der Waals surface area (Å²) in [6.07, 6.45) is 0.387. The summed E-state index contributed by atoms with van der Waals surface area (Å²) in [5.41, 5.74) is 1.21. The second-order valence-corrected chi connectivity index (χ2v) is 5.46. The van der Waals surface area contributed by atoms with Crippen LogP contribution < -0.4 is 5.32 Å². The molecular formula is C19H17FN2O2. The van der Waals surface area contributed by atoms with Crippen molar-refractivity contribution in [3.63, 3.8) is 0 Å². The van der Waals surface area contributed by atoms with Crippen molar-refractivity contribution in [2.45, 2.75) is 12.5 Å². The van der Waals surface area contributed by atoms with Crippen LogP contribution in [0.3, 0.4) is 0 Å². The lowest BCUT2D eigenvalue weighted by Crippen LogP contribution is -2.29. The van der Waals surface area contributed by atoms with Crippen molar-refractivity contribution < 1.29 is 14.3 Å². The van der Waals surface area contributed by atoms with Gasteiger partial charge in [-0.25, -0.2) is 9.37 Å². The van der Waals surface area contributed by atoms with E-state index >= 15 is 0 Å².